The Labute approximate surface area is 196 Å². The van der Waals surface area contributed by atoms with Gasteiger partial charge in [0.2, 0.25) is 17.7 Å². The van der Waals surface area contributed by atoms with E-state index in [1.807, 2.05) is 0 Å². The number of imidazole rings is 1. The Kier molecular flexibility index (Phi) is 9.54. The van der Waals surface area contributed by atoms with Crippen molar-refractivity contribution in [2.75, 3.05) is 6.54 Å². The van der Waals surface area contributed by atoms with Gasteiger partial charge in [-0.3, -0.25) is 19.2 Å². The summed E-state index contributed by atoms with van der Waals surface area (Å²) in [5, 5.41) is 23.4. The zero-order valence-electron chi connectivity index (χ0n) is 19.2. The maximum atomic E-state index is 13.0. The van der Waals surface area contributed by atoms with Crippen LogP contribution in [0.5, 0.6) is 0 Å². The second-order valence-electron chi connectivity index (χ2n) is 8.64. The van der Waals surface area contributed by atoms with Crippen molar-refractivity contribution < 1.29 is 34.2 Å². The number of amides is 3. The summed E-state index contributed by atoms with van der Waals surface area (Å²) in [4.78, 5) is 68.9. The number of likely N-dealkylation sites (tertiary alicyclic amines) is 1. The van der Waals surface area contributed by atoms with Crippen LogP contribution in [-0.2, 0) is 30.4 Å². The van der Waals surface area contributed by atoms with Gasteiger partial charge in [0.1, 0.15) is 18.1 Å². The highest BCUT2D eigenvalue weighted by Gasteiger charge is 2.38. The molecule has 1 aromatic rings. The van der Waals surface area contributed by atoms with E-state index in [1.54, 1.807) is 13.8 Å². The molecule has 1 saturated heterocycles. The maximum absolute atomic E-state index is 13.0. The van der Waals surface area contributed by atoms with Crippen molar-refractivity contribution in [1.82, 2.24) is 25.5 Å². The number of rotatable bonds is 12. The Morgan fingerprint density at radius 3 is 2.50 bits per heavy atom. The number of hydrogen-bond acceptors (Lipinski definition) is 7. The number of aromatic amines is 1. The lowest BCUT2D eigenvalue weighted by Crippen LogP contribution is -2.58. The van der Waals surface area contributed by atoms with E-state index in [4.69, 9.17) is 10.8 Å². The van der Waals surface area contributed by atoms with Gasteiger partial charge in [-0.25, -0.2) is 9.78 Å². The lowest BCUT2D eigenvalue weighted by Gasteiger charge is -2.29. The molecule has 0 saturated carbocycles. The van der Waals surface area contributed by atoms with Gasteiger partial charge in [0.05, 0.1) is 12.4 Å². The van der Waals surface area contributed by atoms with E-state index < -0.39 is 53.8 Å². The van der Waals surface area contributed by atoms with Gasteiger partial charge in [0.15, 0.2) is 0 Å². The molecule has 13 nitrogen and oxygen atoms in total. The standard InChI is InChI=1S/C21H32N6O7/c1-11(2)17(19(31)25-14(21(33)34)8-12-9-23-10-24-12)26-18(30)15-4-3-7-27(15)20(32)13(22)5-6-16(28)29/h9-11,13-15,17H,3-8,22H2,1-2H3,(H,23,24)(H,25,31)(H,26,30)(H,28,29)(H,33,34). The van der Waals surface area contributed by atoms with E-state index in [9.17, 15) is 29.1 Å². The molecular formula is C21H32N6O7. The molecule has 7 N–H and O–H groups in total. The molecule has 0 aromatic carbocycles. The number of aromatic nitrogens is 2. The zero-order valence-corrected chi connectivity index (χ0v) is 19.2. The second kappa shape index (κ2) is 12.1. The minimum atomic E-state index is -1.24. The number of carbonyl (C=O) groups excluding carboxylic acids is 3. The van der Waals surface area contributed by atoms with Gasteiger partial charge in [-0.2, -0.15) is 0 Å². The molecule has 4 atom stereocenters. The summed E-state index contributed by atoms with van der Waals surface area (Å²) < 4.78 is 0. The largest absolute Gasteiger partial charge is 0.481 e. The maximum Gasteiger partial charge on any atom is 0.326 e. The average Bonchev–Trinajstić information content (AvgIpc) is 3.46. The van der Waals surface area contributed by atoms with Crippen LogP contribution in [0.1, 0.15) is 45.2 Å². The van der Waals surface area contributed by atoms with Crippen molar-refractivity contribution >= 4 is 29.7 Å². The van der Waals surface area contributed by atoms with Gasteiger partial charge in [-0.05, 0) is 25.2 Å². The minimum absolute atomic E-state index is 0.0149. The molecule has 1 aliphatic heterocycles. The number of carbonyl (C=O) groups is 5. The molecule has 0 spiro atoms. The quantitative estimate of drug-likeness (QED) is 0.213. The van der Waals surface area contributed by atoms with Crippen molar-refractivity contribution in [2.45, 2.75) is 70.1 Å². The third-order valence-corrected chi connectivity index (χ3v) is 5.67. The topological polar surface area (TPSA) is 208 Å². The van der Waals surface area contributed by atoms with Gasteiger partial charge < -0.3 is 36.5 Å². The van der Waals surface area contributed by atoms with E-state index in [0.717, 1.165) is 0 Å². The summed E-state index contributed by atoms with van der Waals surface area (Å²) in [6.45, 7) is 3.70. The van der Waals surface area contributed by atoms with E-state index in [1.165, 1.54) is 17.4 Å². The first-order chi connectivity index (χ1) is 16.0. The lowest BCUT2D eigenvalue weighted by atomic mass is 10.0. The van der Waals surface area contributed by atoms with Crippen LogP contribution in [-0.4, -0.2) is 85.5 Å². The van der Waals surface area contributed by atoms with Crippen LogP contribution in [0, 0.1) is 5.92 Å². The number of carboxylic acid groups (broad SMARTS) is 2. The van der Waals surface area contributed by atoms with Gasteiger partial charge in [0.25, 0.3) is 0 Å². The molecule has 1 fully saturated rings. The number of nitrogens with two attached hydrogens (primary N) is 1. The van der Waals surface area contributed by atoms with Crippen molar-refractivity contribution in [2.24, 2.45) is 11.7 Å². The molecule has 188 valence electrons. The predicted octanol–water partition coefficient (Wildman–Crippen LogP) is -1.15. The Morgan fingerprint density at radius 1 is 1.24 bits per heavy atom. The number of H-pyrrole nitrogens is 1. The highest BCUT2D eigenvalue weighted by Crippen LogP contribution is 2.20. The van der Waals surface area contributed by atoms with Crippen LogP contribution >= 0.6 is 0 Å². The SMILES string of the molecule is CC(C)C(NC(=O)C1CCCN1C(=O)C(N)CCC(=O)O)C(=O)NC(Cc1cnc[nH]1)C(=O)O. The lowest BCUT2D eigenvalue weighted by molar-refractivity contribution is -0.143. The molecule has 2 heterocycles. The summed E-state index contributed by atoms with van der Waals surface area (Å²) in [6.07, 6.45) is 3.44. The van der Waals surface area contributed by atoms with Gasteiger partial charge in [-0.1, -0.05) is 13.8 Å². The predicted molar refractivity (Wildman–Crippen MR) is 118 cm³/mol. The molecule has 1 aliphatic rings. The van der Waals surface area contributed by atoms with Crippen LogP contribution in [0.25, 0.3) is 0 Å². The normalized spacial score (nSPS) is 18.2. The fourth-order valence-corrected chi connectivity index (χ4v) is 3.78. The monoisotopic (exact) mass is 480 g/mol. The smallest absolute Gasteiger partial charge is 0.326 e. The first-order valence-electron chi connectivity index (χ1n) is 11.1. The number of nitrogens with zero attached hydrogens (tertiary/aromatic N) is 2. The van der Waals surface area contributed by atoms with Gasteiger partial charge >= 0.3 is 11.9 Å². The second-order valence-corrected chi connectivity index (χ2v) is 8.64. The molecule has 0 aliphatic carbocycles. The zero-order chi connectivity index (χ0) is 25.4. The van der Waals surface area contributed by atoms with Crippen LogP contribution in [0.15, 0.2) is 12.5 Å². The van der Waals surface area contributed by atoms with Crippen molar-refractivity contribution in [1.29, 1.82) is 0 Å². The molecule has 13 heteroatoms. The van der Waals surface area contributed by atoms with Crippen LogP contribution in [0.4, 0.5) is 0 Å². The van der Waals surface area contributed by atoms with Crippen LogP contribution in [0.2, 0.25) is 0 Å². The Bertz CT molecular complexity index is 888. The van der Waals surface area contributed by atoms with Crippen molar-refractivity contribution in [3.8, 4) is 0 Å². The summed E-state index contributed by atoms with van der Waals surface area (Å²) >= 11 is 0. The van der Waals surface area contributed by atoms with Gasteiger partial charge in [-0.15, -0.1) is 0 Å². The molecule has 3 amide bonds. The molecule has 34 heavy (non-hydrogen) atoms. The highest BCUT2D eigenvalue weighted by atomic mass is 16.4. The number of aliphatic carboxylic acids is 2. The Hall–Kier alpha value is -3.48. The minimum Gasteiger partial charge on any atom is -0.481 e. The van der Waals surface area contributed by atoms with E-state index in [2.05, 4.69) is 20.6 Å². The third kappa shape index (κ3) is 7.27. The van der Waals surface area contributed by atoms with E-state index >= 15 is 0 Å². The molecule has 2 rings (SSSR count). The number of hydrogen-bond donors (Lipinski definition) is 6. The Morgan fingerprint density at radius 2 is 1.94 bits per heavy atom. The molecule has 0 bridgehead atoms. The number of carboxylic acids is 2. The van der Waals surface area contributed by atoms with Crippen molar-refractivity contribution in [3.63, 3.8) is 0 Å². The third-order valence-electron chi connectivity index (χ3n) is 5.67. The fourth-order valence-electron chi connectivity index (χ4n) is 3.78. The number of nitrogens with one attached hydrogen (secondary N) is 3. The summed E-state index contributed by atoms with van der Waals surface area (Å²) in [7, 11) is 0. The van der Waals surface area contributed by atoms with Crippen LogP contribution in [0.3, 0.4) is 0 Å². The average molecular weight is 481 g/mol. The van der Waals surface area contributed by atoms with Gasteiger partial charge in [0, 0.05) is 31.3 Å². The summed E-state index contributed by atoms with van der Waals surface area (Å²) in [5.41, 5.74) is 6.36. The molecule has 1 aromatic heterocycles. The van der Waals surface area contributed by atoms with E-state index in [0.29, 0.717) is 25.1 Å². The summed E-state index contributed by atoms with van der Waals surface area (Å²) in [6, 6.07) is -4.16. The summed E-state index contributed by atoms with van der Waals surface area (Å²) in [5.74, 6) is -4.41. The first kappa shape index (κ1) is 26.8. The highest BCUT2D eigenvalue weighted by molar-refractivity contribution is 5.94. The molecule has 0 radical (unpaired) electrons. The van der Waals surface area contributed by atoms with Crippen molar-refractivity contribution in [3.05, 3.63) is 18.2 Å². The van der Waals surface area contributed by atoms with Crippen LogP contribution < -0.4 is 16.4 Å². The fraction of sp³-hybridized carbons (Fsp3) is 0.619. The van der Waals surface area contributed by atoms with E-state index in [-0.39, 0.29) is 25.2 Å². The molecule has 4 unspecified atom stereocenters. The first-order valence-corrected chi connectivity index (χ1v) is 11.1. The molecular weight excluding hydrogens is 448 g/mol. The Balaban J connectivity index is 2.04.